The zero-order valence-electron chi connectivity index (χ0n) is 14.7. The predicted molar refractivity (Wildman–Crippen MR) is 97.9 cm³/mol. The molecule has 3 rings (SSSR count). The highest BCUT2D eigenvalue weighted by Crippen LogP contribution is 2.37. The lowest BCUT2D eigenvalue weighted by atomic mass is 9.98. The van der Waals surface area contributed by atoms with Crippen LogP contribution in [0.25, 0.3) is 16.1 Å². The molecule has 0 atom stereocenters. The summed E-state index contributed by atoms with van der Waals surface area (Å²) in [6.07, 6.45) is -1.24. The summed E-state index contributed by atoms with van der Waals surface area (Å²) in [6, 6.07) is 9.25. The lowest BCUT2D eigenvalue weighted by Gasteiger charge is -2.24. The van der Waals surface area contributed by atoms with E-state index >= 15 is 0 Å². The van der Waals surface area contributed by atoms with E-state index in [0.717, 1.165) is 41.3 Å². The van der Waals surface area contributed by atoms with Crippen molar-refractivity contribution >= 4 is 5.69 Å². The maximum absolute atomic E-state index is 13.4. The van der Waals surface area contributed by atoms with E-state index in [2.05, 4.69) is 10.3 Å². The molecule has 0 fully saturated rings. The summed E-state index contributed by atoms with van der Waals surface area (Å²) in [5.74, 6) is 0. The first-order valence-electron chi connectivity index (χ1n) is 8.58. The number of aromatic nitrogens is 1. The molecule has 0 spiro atoms. The largest absolute Gasteiger partial charge is 0.407 e. The smallest absolute Gasteiger partial charge is 0.296 e. The number of hydrogen-bond acceptors (Lipinski definition) is 2. The minimum absolute atomic E-state index is 0.0752. The van der Waals surface area contributed by atoms with Gasteiger partial charge < -0.3 is 0 Å². The van der Waals surface area contributed by atoms with Crippen LogP contribution in [0.1, 0.15) is 38.2 Å². The molecule has 1 aliphatic carbocycles. The highest BCUT2D eigenvalue weighted by molar-refractivity contribution is 5.66. The van der Waals surface area contributed by atoms with Gasteiger partial charge in [0.25, 0.3) is 11.2 Å². The van der Waals surface area contributed by atoms with Crippen molar-refractivity contribution in [3.8, 4) is 11.3 Å². The van der Waals surface area contributed by atoms with Crippen LogP contribution >= 0.6 is 0 Å². The number of benzene rings is 1. The quantitative estimate of drug-likeness (QED) is 0.724. The summed E-state index contributed by atoms with van der Waals surface area (Å²) in [5, 5.41) is 0. The average Bonchev–Trinajstić information content (AvgIpc) is 2.64. The summed E-state index contributed by atoms with van der Waals surface area (Å²) >= 11 is 0. The van der Waals surface area contributed by atoms with Gasteiger partial charge in [-0.05, 0) is 38.7 Å². The summed E-state index contributed by atoms with van der Waals surface area (Å²) in [6.45, 7) is 9.05. The van der Waals surface area contributed by atoms with Crippen LogP contribution < -0.4 is 11.0 Å². The monoisotopic (exact) mass is 373 g/mol. The molecule has 1 aliphatic rings. The van der Waals surface area contributed by atoms with E-state index in [1.807, 2.05) is 6.92 Å². The van der Waals surface area contributed by atoms with Crippen LogP contribution in [0.5, 0.6) is 0 Å². The fourth-order valence-corrected chi connectivity index (χ4v) is 3.20. The van der Waals surface area contributed by atoms with Gasteiger partial charge in [0.1, 0.15) is 0 Å². The first-order valence-corrected chi connectivity index (χ1v) is 8.58. The van der Waals surface area contributed by atoms with Crippen molar-refractivity contribution in [3.63, 3.8) is 0 Å². The number of rotatable bonds is 3. The Bertz CT molecular complexity index is 983. The van der Waals surface area contributed by atoms with Gasteiger partial charge in [-0.25, -0.2) is 9.52 Å². The Kier molecular flexibility index (Phi) is 5.08. The zero-order valence-corrected chi connectivity index (χ0v) is 14.7. The van der Waals surface area contributed by atoms with Crippen molar-refractivity contribution in [2.24, 2.45) is 0 Å². The minimum Gasteiger partial charge on any atom is -0.296 e. The second-order valence-electron chi connectivity index (χ2n) is 6.49. The Hall–Kier alpha value is -3.01. The fourth-order valence-electron chi connectivity index (χ4n) is 3.20. The van der Waals surface area contributed by atoms with Gasteiger partial charge in [0, 0.05) is 11.3 Å². The molecule has 0 saturated heterocycles. The summed E-state index contributed by atoms with van der Waals surface area (Å²) < 4.78 is 41.4. The maximum atomic E-state index is 13.4. The van der Waals surface area contributed by atoms with Crippen LogP contribution in [0.3, 0.4) is 0 Å². The molecule has 0 bridgehead atoms. The number of halogens is 3. The second kappa shape index (κ2) is 7.31. The lowest BCUT2D eigenvalue weighted by molar-refractivity contribution is -0.136. The van der Waals surface area contributed by atoms with E-state index in [1.54, 1.807) is 30.3 Å². The molecule has 140 valence electrons. The van der Waals surface area contributed by atoms with Crippen LogP contribution in [-0.4, -0.2) is 4.68 Å². The summed E-state index contributed by atoms with van der Waals surface area (Å²) in [4.78, 5) is 15.7. The number of pyridine rings is 1. The zero-order chi connectivity index (χ0) is 19.6. The van der Waals surface area contributed by atoms with Crippen LogP contribution in [-0.2, 0) is 6.18 Å². The molecule has 1 N–H and O–H groups in total. The van der Waals surface area contributed by atoms with Gasteiger partial charge in [0.15, 0.2) is 0 Å². The molecule has 0 amide bonds. The van der Waals surface area contributed by atoms with Crippen molar-refractivity contribution in [2.75, 3.05) is 5.43 Å². The molecule has 1 aromatic heterocycles. The van der Waals surface area contributed by atoms with Gasteiger partial charge >= 0.3 is 6.18 Å². The normalized spacial score (nSPS) is 14.8. The third-order valence-electron chi connectivity index (χ3n) is 4.66. The molecule has 0 saturated carbocycles. The van der Waals surface area contributed by atoms with E-state index < -0.39 is 23.0 Å². The predicted octanol–water partition coefficient (Wildman–Crippen LogP) is 5.48. The number of nitrogens with zero attached hydrogens (tertiary/aromatic N) is 2. The lowest BCUT2D eigenvalue weighted by Crippen LogP contribution is -2.32. The third-order valence-corrected chi connectivity index (χ3v) is 4.66. The first-order chi connectivity index (χ1) is 12.8. The third kappa shape index (κ3) is 3.75. The van der Waals surface area contributed by atoms with E-state index in [4.69, 9.17) is 6.57 Å². The Morgan fingerprint density at radius 2 is 1.81 bits per heavy atom. The van der Waals surface area contributed by atoms with Crippen LogP contribution in [0.15, 0.2) is 52.5 Å². The van der Waals surface area contributed by atoms with Gasteiger partial charge in [0.2, 0.25) is 0 Å². The molecular formula is C20H18F3N3O. The molecule has 1 aromatic carbocycles. The SMILES string of the molecule is [C-]#[N+]c1c(C(F)(F)F)cc(-c2ccccc2)n(NC2=C(C)CCCC2)c1=O. The first kappa shape index (κ1) is 18.8. The Balaban J connectivity index is 2.28. The molecule has 1 heterocycles. The van der Waals surface area contributed by atoms with Crippen molar-refractivity contribution < 1.29 is 13.2 Å². The van der Waals surface area contributed by atoms with Gasteiger partial charge in [-0.1, -0.05) is 35.9 Å². The van der Waals surface area contributed by atoms with Crippen molar-refractivity contribution in [3.05, 3.63) is 75.0 Å². The number of hydrogen-bond donors (Lipinski definition) is 1. The van der Waals surface area contributed by atoms with Crippen molar-refractivity contribution in [1.29, 1.82) is 0 Å². The van der Waals surface area contributed by atoms with Crippen LogP contribution in [0.4, 0.5) is 18.9 Å². The molecule has 7 heteroatoms. The van der Waals surface area contributed by atoms with E-state index in [-0.39, 0.29) is 5.69 Å². The van der Waals surface area contributed by atoms with Crippen molar-refractivity contribution in [1.82, 2.24) is 4.68 Å². The molecule has 4 nitrogen and oxygen atoms in total. The van der Waals surface area contributed by atoms with Gasteiger partial charge in [0.05, 0.1) is 17.8 Å². The van der Waals surface area contributed by atoms with Crippen LogP contribution in [0.2, 0.25) is 0 Å². The Morgan fingerprint density at radius 1 is 1.15 bits per heavy atom. The molecule has 0 unspecified atom stereocenters. The molecular weight excluding hydrogens is 355 g/mol. The number of alkyl halides is 3. The minimum atomic E-state index is -4.79. The van der Waals surface area contributed by atoms with Gasteiger partial charge in [-0.15, -0.1) is 0 Å². The molecule has 0 aliphatic heterocycles. The van der Waals surface area contributed by atoms with E-state index in [9.17, 15) is 18.0 Å². The topological polar surface area (TPSA) is 38.4 Å². The van der Waals surface area contributed by atoms with E-state index in [0.29, 0.717) is 12.0 Å². The van der Waals surface area contributed by atoms with Gasteiger partial charge in [-0.3, -0.25) is 10.2 Å². The average molecular weight is 373 g/mol. The van der Waals surface area contributed by atoms with Crippen molar-refractivity contribution in [2.45, 2.75) is 38.8 Å². The number of allylic oxidation sites excluding steroid dienone is 2. The molecule has 27 heavy (non-hydrogen) atoms. The van der Waals surface area contributed by atoms with Crippen LogP contribution in [0, 0.1) is 6.57 Å². The fraction of sp³-hybridized carbons (Fsp3) is 0.300. The summed E-state index contributed by atoms with van der Waals surface area (Å²) in [7, 11) is 0. The maximum Gasteiger partial charge on any atom is 0.407 e. The Morgan fingerprint density at radius 3 is 2.41 bits per heavy atom. The highest BCUT2D eigenvalue weighted by atomic mass is 19.4. The molecule has 0 radical (unpaired) electrons. The van der Waals surface area contributed by atoms with E-state index in [1.165, 1.54) is 0 Å². The molecule has 2 aromatic rings. The van der Waals surface area contributed by atoms with Gasteiger partial charge in [-0.2, -0.15) is 13.2 Å². The Labute approximate surface area is 154 Å². The number of nitrogens with one attached hydrogen (secondary N) is 1. The standard InChI is InChI=1S/C20H18F3N3O/c1-13-8-6-7-11-16(13)25-26-17(14-9-4-3-5-10-14)12-15(20(21,22)23)18(24-2)19(26)27/h3-5,9-10,12,25H,6-8,11H2,1H3. The summed E-state index contributed by atoms with van der Waals surface area (Å²) in [5.41, 5.74) is 2.27. The highest BCUT2D eigenvalue weighted by Gasteiger charge is 2.36. The second-order valence-corrected chi connectivity index (χ2v) is 6.49.